The van der Waals surface area contributed by atoms with Gasteiger partial charge in [0.25, 0.3) is 0 Å². The number of carboxylic acids is 1. The molecule has 3 N–H and O–H groups in total. The Morgan fingerprint density at radius 1 is 1.18 bits per heavy atom. The number of methoxy groups -OCH3 is 1. The molecule has 1 atom stereocenters. The zero-order chi connectivity index (χ0) is 15.9. The smallest absolute Gasteiger partial charge is 0.305 e. The van der Waals surface area contributed by atoms with Gasteiger partial charge in [0.15, 0.2) is 11.5 Å². The SMILES string of the molecule is COc1c(OCc2ccccc2)cccc1C(N)CC(=O)O. The largest absolute Gasteiger partial charge is 0.493 e. The Kier molecular flexibility index (Phi) is 5.38. The first-order valence-electron chi connectivity index (χ1n) is 6.92. The molecule has 0 aliphatic heterocycles. The minimum absolute atomic E-state index is 0.168. The highest BCUT2D eigenvalue weighted by atomic mass is 16.5. The van der Waals surface area contributed by atoms with Crippen LogP contribution in [-0.2, 0) is 11.4 Å². The molecule has 0 aliphatic carbocycles. The van der Waals surface area contributed by atoms with Crippen molar-refractivity contribution in [3.05, 3.63) is 59.7 Å². The van der Waals surface area contributed by atoms with Crippen LogP contribution in [0.25, 0.3) is 0 Å². The molecular formula is C17H19NO4. The lowest BCUT2D eigenvalue weighted by atomic mass is 10.0. The van der Waals surface area contributed by atoms with Gasteiger partial charge in [0.05, 0.1) is 13.5 Å². The van der Waals surface area contributed by atoms with Crippen LogP contribution in [0, 0.1) is 0 Å². The Morgan fingerprint density at radius 2 is 1.91 bits per heavy atom. The number of hydrogen-bond acceptors (Lipinski definition) is 4. The molecule has 0 amide bonds. The molecule has 2 aromatic rings. The van der Waals surface area contributed by atoms with Gasteiger partial charge >= 0.3 is 5.97 Å². The van der Waals surface area contributed by atoms with Crippen molar-refractivity contribution < 1.29 is 19.4 Å². The summed E-state index contributed by atoms with van der Waals surface area (Å²) in [7, 11) is 1.52. The lowest BCUT2D eigenvalue weighted by molar-refractivity contribution is -0.137. The third kappa shape index (κ3) is 3.99. The molecule has 0 aromatic heterocycles. The van der Waals surface area contributed by atoms with Crippen LogP contribution in [0.15, 0.2) is 48.5 Å². The second-order valence-electron chi connectivity index (χ2n) is 4.86. The Balaban J connectivity index is 2.19. The van der Waals surface area contributed by atoms with Gasteiger partial charge in [-0.2, -0.15) is 0 Å². The maximum atomic E-state index is 10.8. The van der Waals surface area contributed by atoms with Gasteiger partial charge in [0, 0.05) is 11.6 Å². The number of ether oxygens (including phenoxy) is 2. The molecule has 116 valence electrons. The van der Waals surface area contributed by atoms with Crippen LogP contribution >= 0.6 is 0 Å². The summed E-state index contributed by atoms with van der Waals surface area (Å²) < 4.78 is 11.2. The highest BCUT2D eigenvalue weighted by Crippen LogP contribution is 2.35. The number of hydrogen-bond donors (Lipinski definition) is 2. The molecule has 0 radical (unpaired) electrons. The number of benzene rings is 2. The molecule has 22 heavy (non-hydrogen) atoms. The molecule has 5 heteroatoms. The number of rotatable bonds is 7. The van der Waals surface area contributed by atoms with Crippen LogP contribution < -0.4 is 15.2 Å². The van der Waals surface area contributed by atoms with Gasteiger partial charge in [-0.15, -0.1) is 0 Å². The summed E-state index contributed by atoms with van der Waals surface area (Å²) in [6.07, 6.45) is -0.168. The fourth-order valence-corrected chi connectivity index (χ4v) is 2.19. The van der Waals surface area contributed by atoms with E-state index >= 15 is 0 Å². The van der Waals surface area contributed by atoms with E-state index in [1.54, 1.807) is 18.2 Å². The van der Waals surface area contributed by atoms with Crippen LogP contribution in [0.4, 0.5) is 0 Å². The average molecular weight is 301 g/mol. The van der Waals surface area contributed by atoms with Crippen molar-refractivity contribution in [2.45, 2.75) is 19.1 Å². The van der Waals surface area contributed by atoms with Crippen molar-refractivity contribution in [1.29, 1.82) is 0 Å². The van der Waals surface area contributed by atoms with E-state index in [1.165, 1.54) is 7.11 Å². The summed E-state index contributed by atoms with van der Waals surface area (Å²) in [6.45, 7) is 0.398. The van der Waals surface area contributed by atoms with Gasteiger partial charge in [0.1, 0.15) is 6.61 Å². The molecule has 0 saturated heterocycles. The lowest BCUT2D eigenvalue weighted by Gasteiger charge is -2.17. The quantitative estimate of drug-likeness (QED) is 0.821. The van der Waals surface area contributed by atoms with E-state index in [1.807, 2.05) is 30.3 Å². The third-order valence-corrected chi connectivity index (χ3v) is 3.24. The highest BCUT2D eigenvalue weighted by Gasteiger charge is 2.18. The molecule has 0 heterocycles. The van der Waals surface area contributed by atoms with Crippen LogP contribution in [0.3, 0.4) is 0 Å². The van der Waals surface area contributed by atoms with Crippen molar-refractivity contribution in [2.24, 2.45) is 5.73 Å². The third-order valence-electron chi connectivity index (χ3n) is 3.24. The first-order chi connectivity index (χ1) is 10.6. The van der Waals surface area contributed by atoms with E-state index in [4.69, 9.17) is 20.3 Å². The number of nitrogens with two attached hydrogens (primary N) is 1. The summed E-state index contributed by atoms with van der Waals surface area (Å²) in [5, 5.41) is 8.88. The second kappa shape index (κ2) is 7.47. The molecule has 0 aliphatic rings. The van der Waals surface area contributed by atoms with E-state index in [9.17, 15) is 4.79 Å². The molecule has 0 bridgehead atoms. The number of carbonyl (C=O) groups is 1. The number of para-hydroxylation sites is 1. The van der Waals surface area contributed by atoms with Crippen LogP contribution in [0.1, 0.15) is 23.6 Å². The Bertz CT molecular complexity index is 628. The maximum absolute atomic E-state index is 10.8. The van der Waals surface area contributed by atoms with Crippen LogP contribution in [0.2, 0.25) is 0 Å². The first kappa shape index (κ1) is 15.9. The predicted molar refractivity (Wildman–Crippen MR) is 82.9 cm³/mol. The van der Waals surface area contributed by atoms with Crippen molar-refractivity contribution in [3.8, 4) is 11.5 Å². The zero-order valence-corrected chi connectivity index (χ0v) is 12.4. The van der Waals surface area contributed by atoms with E-state index in [-0.39, 0.29) is 6.42 Å². The first-order valence-corrected chi connectivity index (χ1v) is 6.92. The highest BCUT2D eigenvalue weighted by molar-refractivity contribution is 5.68. The topological polar surface area (TPSA) is 81.8 Å². The van der Waals surface area contributed by atoms with Gasteiger partial charge in [-0.25, -0.2) is 0 Å². The van der Waals surface area contributed by atoms with Crippen molar-refractivity contribution in [2.75, 3.05) is 7.11 Å². The molecule has 0 spiro atoms. The Morgan fingerprint density at radius 3 is 2.55 bits per heavy atom. The Hall–Kier alpha value is -2.53. The second-order valence-corrected chi connectivity index (χ2v) is 4.86. The zero-order valence-electron chi connectivity index (χ0n) is 12.4. The maximum Gasteiger partial charge on any atom is 0.305 e. The number of carboxylic acid groups (broad SMARTS) is 1. The molecule has 5 nitrogen and oxygen atoms in total. The van der Waals surface area contributed by atoms with Gasteiger partial charge < -0.3 is 20.3 Å². The van der Waals surface area contributed by atoms with E-state index in [0.717, 1.165) is 5.56 Å². The Labute approximate surface area is 129 Å². The minimum Gasteiger partial charge on any atom is -0.493 e. The van der Waals surface area contributed by atoms with Crippen molar-refractivity contribution in [1.82, 2.24) is 0 Å². The normalized spacial score (nSPS) is 11.7. The van der Waals surface area contributed by atoms with Crippen LogP contribution in [-0.4, -0.2) is 18.2 Å². The van der Waals surface area contributed by atoms with E-state index in [2.05, 4.69) is 0 Å². The van der Waals surface area contributed by atoms with Gasteiger partial charge in [0.2, 0.25) is 0 Å². The van der Waals surface area contributed by atoms with Gasteiger partial charge in [-0.05, 0) is 11.6 Å². The molecule has 0 fully saturated rings. The summed E-state index contributed by atoms with van der Waals surface area (Å²) in [4.78, 5) is 10.8. The van der Waals surface area contributed by atoms with Gasteiger partial charge in [-0.3, -0.25) is 4.79 Å². The minimum atomic E-state index is -0.954. The van der Waals surface area contributed by atoms with Crippen molar-refractivity contribution in [3.63, 3.8) is 0 Å². The molecule has 2 rings (SSSR count). The van der Waals surface area contributed by atoms with E-state index < -0.39 is 12.0 Å². The standard InChI is InChI=1S/C17H19NO4/c1-21-17-13(14(18)10-16(19)20)8-5-9-15(17)22-11-12-6-3-2-4-7-12/h2-9,14H,10-11,18H2,1H3,(H,19,20). The predicted octanol–water partition coefficient (Wildman–Crippen LogP) is 2.75. The van der Waals surface area contributed by atoms with Gasteiger partial charge in [-0.1, -0.05) is 42.5 Å². The molecule has 1 unspecified atom stereocenters. The van der Waals surface area contributed by atoms with Crippen LogP contribution in [0.5, 0.6) is 11.5 Å². The fraction of sp³-hybridized carbons (Fsp3) is 0.235. The summed E-state index contributed by atoms with van der Waals surface area (Å²) >= 11 is 0. The van der Waals surface area contributed by atoms with E-state index in [0.29, 0.717) is 23.7 Å². The van der Waals surface area contributed by atoms with Crippen molar-refractivity contribution >= 4 is 5.97 Å². The summed E-state index contributed by atoms with van der Waals surface area (Å²) in [5.74, 6) is 0.0713. The number of aliphatic carboxylic acids is 1. The molecular weight excluding hydrogens is 282 g/mol. The fourth-order valence-electron chi connectivity index (χ4n) is 2.19. The monoisotopic (exact) mass is 301 g/mol. The molecule has 2 aromatic carbocycles. The molecule has 0 saturated carbocycles. The average Bonchev–Trinajstić information content (AvgIpc) is 2.52. The summed E-state index contributed by atoms with van der Waals surface area (Å²) in [5.41, 5.74) is 7.59. The lowest BCUT2D eigenvalue weighted by Crippen LogP contribution is -2.16. The summed E-state index contributed by atoms with van der Waals surface area (Å²) in [6, 6.07) is 14.4.